The molecule has 0 bridgehead atoms. The minimum absolute atomic E-state index is 0.00735. The number of rotatable bonds is 69. The Morgan fingerprint density at radius 3 is 0.889 bits per heavy atom. The SMILES string of the molecule is CCCCCC/C=C\CCCCCCCC(=O)OCCCCCCCCCCCCCC/C=C\CCCCCCCCCCCCCCCC(=O)NC(CO)C(O)/C=C/CCCCCCCCCCCCCCCCCCCCCC. The fourth-order valence-corrected chi connectivity index (χ4v) is 11.5. The monoisotopic (exact) mass is 1140 g/mol. The summed E-state index contributed by atoms with van der Waals surface area (Å²) >= 11 is 0. The molecule has 0 radical (unpaired) electrons. The Bertz CT molecular complexity index is 1310. The molecule has 6 nitrogen and oxygen atoms in total. The number of nitrogens with one attached hydrogen (secondary N) is 1. The van der Waals surface area contributed by atoms with Gasteiger partial charge in [-0.3, -0.25) is 9.59 Å². The molecule has 0 aliphatic rings. The molecular weight excluding hydrogens is 995 g/mol. The zero-order valence-electron chi connectivity index (χ0n) is 54.8. The van der Waals surface area contributed by atoms with Gasteiger partial charge in [0.2, 0.25) is 5.91 Å². The third-order valence-corrected chi connectivity index (χ3v) is 17.1. The van der Waals surface area contributed by atoms with Crippen LogP contribution in [0.25, 0.3) is 0 Å². The number of esters is 1. The Morgan fingerprint density at radius 2 is 0.580 bits per heavy atom. The average Bonchev–Trinajstić information content (AvgIpc) is 3.47. The smallest absolute Gasteiger partial charge is 0.305 e. The second kappa shape index (κ2) is 70.6. The van der Waals surface area contributed by atoms with Crippen molar-refractivity contribution in [1.82, 2.24) is 5.32 Å². The molecule has 1 amide bonds. The first kappa shape index (κ1) is 79.1. The highest BCUT2D eigenvalue weighted by molar-refractivity contribution is 5.76. The zero-order chi connectivity index (χ0) is 58.5. The highest BCUT2D eigenvalue weighted by atomic mass is 16.5. The molecule has 81 heavy (non-hydrogen) atoms. The molecule has 0 aliphatic heterocycles. The third-order valence-electron chi connectivity index (χ3n) is 17.1. The van der Waals surface area contributed by atoms with Gasteiger partial charge in [-0.25, -0.2) is 0 Å². The Hall–Kier alpha value is -1.92. The summed E-state index contributed by atoms with van der Waals surface area (Å²) in [5.41, 5.74) is 0. The Kier molecular flexibility index (Phi) is 68.9. The van der Waals surface area contributed by atoms with Gasteiger partial charge in [-0.2, -0.15) is 0 Å². The van der Waals surface area contributed by atoms with Crippen molar-refractivity contribution in [3.8, 4) is 0 Å². The number of allylic oxidation sites excluding steroid dienone is 5. The van der Waals surface area contributed by atoms with Crippen LogP contribution >= 0.6 is 0 Å². The van der Waals surface area contributed by atoms with E-state index in [2.05, 4.69) is 43.5 Å². The first-order chi connectivity index (χ1) is 40.0. The van der Waals surface area contributed by atoms with Gasteiger partial charge in [0.1, 0.15) is 0 Å². The minimum atomic E-state index is -0.845. The van der Waals surface area contributed by atoms with Gasteiger partial charge in [-0.05, 0) is 83.5 Å². The Labute approximate surface area is 506 Å². The molecule has 478 valence electrons. The van der Waals surface area contributed by atoms with Crippen LogP contribution in [0.2, 0.25) is 0 Å². The van der Waals surface area contributed by atoms with Gasteiger partial charge >= 0.3 is 5.97 Å². The van der Waals surface area contributed by atoms with Gasteiger partial charge in [-0.15, -0.1) is 0 Å². The third kappa shape index (κ3) is 67.1. The first-order valence-corrected chi connectivity index (χ1v) is 36.8. The van der Waals surface area contributed by atoms with E-state index >= 15 is 0 Å². The summed E-state index contributed by atoms with van der Waals surface area (Å²) in [4.78, 5) is 24.6. The van der Waals surface area contributed by atoms with Gasteiger partial charge in [0.25, 0.3) is 0 Å². The number of carbonyl (C=O) groups excluding carboxylic acids is 2. The quantitative estimate of drug-likeness (QED) is 0.0320. The zero-order valence-corrected chi connectivity index (χ0v) is 54.8. The molecule has 0 aliphatic carbocycles. The molecule has 0 saturated carbocycles. The van der Waals surface area contributed by atoms with Crippen LogP contribution in [0.4, 0.5) is 0 Å². The molecule has 0 aromatic heterocycles. The van der Waals surface area contributed by atoms with Crippen LogP contribution in [0.1, 0.15) is 406 Å². The van der Waals surface area contributed by atoms with Gasteiger partial charge < -0.3 is 20.3 Å². The molecule has 0 rings (SSSR count). The predicted molar refractivity (Wildman–Crippen MR) is 356 cm³/mol. The Balaban J connectivity index is 3.40. The maximum Gasteiger partial charge on any atom is 0.305 e. The number of hydrogen-bond donors (Lipinski definition) is 3. The fourth-order valence-electron chi connectivity index (χ4n) is 11.5. The number of carbonyl (C=O) groups is 2. The molecule has 2 unspecified atom stereocenters. The van der Waals surface area contributed by atoms with Crippen LogP contribution in [0.5, 0.6) is 0 Å². The van der Waals surface area contributed by atoms with E-state index in [1.165, 1.54) is 334 Å². The molecule has 0 aromatic rings. The number of ether oxygens (including phenoxy) is 1. The molecule has 6 heteroatoms. The Morgan fingerprint density at radius 1 is 0.333 bits per heavy atom. The first-order valence-electron chi connectivity index (χ1n) is 36.8. The van der Waals surface area contributed by atoms with E-state index in [1.54, 1.807) is 6.08 Å². The maximum atomic E-state index is 12.5. The van der Waals surface area contributed by atoms with Crippen LogP contribution in [0.15, 0.2) is 36.5 Å². The summed E-state index contributed by atoms with van der Waals surface area (Å²) in [5.74, 6) is -0.0558. The van der Waals surface area contributed by atoms with Gasteiger partial charge in [0.15, 0.2) is 0 Å². The molecule has 3 N–H and O–H groups in total. The van der Waals surface area contributed by atoms with Crippen LogP contribution in [0, 0.1) is 0 Å². The van der Waals surface area contributed by atoms with Crippen LogP contribution in [-0.4, -0.2) is 47.4 Å². The van der Waals surface area contributed by atoms with Crippen molar-refractivity contribution < 1.29 is 24.5 Å². The fraction of sp³-hybridized carbons (Fsp3) is 0.893. The van der Waals surface area contributed by atoms with Crippen molar-refractivity contribution in [2.24, 2.45) is 0 Å². The number of amides is 1. The van der Waals surface area contributed by atoms with Crippen molar-refractivity contribution >= 4 is 11.9 Å². The molecule has 0 fully saturated rings. The molecule has 0 saturated heterocycles. The van der Waals surface area contributed by atoms with E-state index in [9.17, 15) is 19.8 Å². The number of unbranched alkanes of at least 4 members (excludes halogenated alkanes) is 54. The lowest BCUT2D eigenvalue weighted by Gasteiger charge is -2.20. The lowest BCUT2D eigenvalue weighted by molar-refractivity contribution is -0.143. The highest BCUT2D eigenvalue weighted by Crippen LogP contribution is 2.19. The summed E-state index contributed by atoms with van der Waals surface area (Å²) in [5, 5.41) is 23.3. The van der Waals surface area contributed by atoms with Gasteiger partial charge in [0, 0.05) is 12.8 Å². The van der Waals surface area contributed by atoms with Gasteiger partial charge in [-0.1, -0.05) is 346 Å². The van der Waals surface area contributed by atoms with Crippen LogP contribution in [0.3, 0.4) is 0 Å². The van der Waals surface area contributed by atoms with Crippen LogP contribution < -0.4 is 5.32 Å². The van der Waals surface area contributed by atoms with Crippen molar-refractivity contribution in [1.29, 1.82) is 0 Å². The average molecular weight is 1140 g/mol. The van der Waals surface area contributed by atoms with E-state index in [1.807, 2.05) is 6.08 Å². The lowest BCUT2D eigenvalue weighted by Crippen LogP contribution is -2.45. The number of aliphatic hydroxyl groups is 2. The molecular formula is C75H143NO5. The molecule has 0 spiro atoms. The predicted octanol–water partition coefficient (Wildman–Crippen LogP) is 23.9. The van der Waals surface area contributed by atoms with Crippen molar-refractivity contribution in [2.75, 3.05) is 13.2 Å². The standard InChI is InChI=1S/C75H143NO5/c1-3-5-7-9-11-13-15-17-18-19-20-21-31-34-37-40-44-47-51-55-59-63-67-73(78)72(71-77)76-74(79)68-64-60-56-52-48-45-41-38-35-32-29-27-25-23-22-24-26-28-30-33-36-39-42-46-50-54-58-62-66-70-81-75(80)69-65-61-57-53-49-43-16-14-12-10-8-6-4-2/h14,16,22,24,63,67,72-73,77-78H,3-13,15,17-21,23,25-62,64-66,68-71H2,1-2H3,(H,76,79)/b16-14-,24-22-,67-63+. The van der Waals surface area contributed by atoms with Crippen molar-refractivity contribution in [3.05, 3.63) is 36.5 Å². The minimum Gasteiger partial charge on any atom is -0.466 e. The summed E-state index contributed by atoms with van der Waals surface area (Å²) in [6.07, 6.45) is 90.9. The lowest BCUT2D eigenvalue weighted by atomic mass is 10.0. The molecule has 2 atom stereocenters. The van der Waals surface area contributed by atoms with E-state index in [-0.39, 0.29) is 18.5 Å². The van der Waals surface area contributed by atoms with Gasteiger partial charge in [0.05, 0.1) is 25.4 Å². The summed E-state index contributed by atoms with van der Waals surface area (Å²) < 4.78 is 5.48. The summed E-state index contributed by atoms with van der Waals surface area (Å²) in [6.45, 7) is 4.92. The van der Waals surface area contributed by atoms with Crippen LogP contribution in [-0.2, 0) is 14.3 Å². The second-order valence-electron chi connectivity index (χ2n) is 25.3. The second-order valence-corrected chi connectivity index (χ2v) is 25.3. The topological polar surface area (TPSA) is 95.9 Å². The molecule has 0 heterocycles. The van der Waals surface area contributed by atoms with Crippen molar-refractivity contribution in [3.63, 3.8) is 0 Å². The van der Waals surface area contributed by atoms with E-state index < -0.39 is 12.1 Å². The normalized spacial score (nSPS) is 12.7. The summed E-state index contributed by atoms with van der Waals surface area (Å²) in [6, 6.07) is -0.629. The highest BCUT2D eigenvalue weighted by Gasteiger charge is 2.18. The van der Waals surface area contributed by atoms with E-state index in [4.69, 9.17) is 4.74 Å². The maximum absolute atomic E-state index is 12.5. The van der Waals surface area contributed by atoms with E-state index in [0.717, 1.165) is 44.9 Å². The molecule has 0 aromatic carbocycles. The van der Waals surface area contributed by atoms with Crippen molar-refractivity contribution in [2.45, 2.75) is 418 Å². The number of hydrogen-bond acceptors (Lipinski definition) is 5. The largest absolute Gasteiger partial charge is 0.466 e. The number of aliphatic hydroxyl groups excluding tert-OH is 2. The summed E-state index contributed by atoms with van der Waals surface area (Å²) in [7, 11) is 0. The van der Waals surface area contributed by atoms with E-state index in [0.29, 0.717) is 19.4 Å².